The maximum absolute atomic E-state index is 6.51. The molecular formula is C33H32N2O4. The Labute approximate surface area is 228 Å². The highest BCUT2D eigenvalue weighted by molar-refractivity contribution is 5.89. The second-order valence-corrected chi connectivity index (χ2v) is 9.83. The second-order valence-electron chi connectivity index (χ2n) is 9.83. The average molecular weight is 521 g/mol. The van der Waals surface area contributed by atoms with E-state index in [1.54, 1.807) is 7.11 Å². The lowest BCUT2D eigenvalue weighted by Gasteiger charge is -2.32. The molecule has 6 heteroatoms. The van der Waals surface area contributed by atoms with Gasteiger partial charge in [0.2, 0.25) is 0 Å². The lowest BCUT2D eigenvalue weighted by molar-refractivity contribution is 0.00989. The number of nitrogens with zero attached hydrogens (tertiary/aromatic N) is 1. The minimum Gasteiger partial charge on any atom is -0.496 e. The first-order valence-electron chi connectivity index (χ1n) is 13.4. The van der Waals surface area contributed by atoms with E-state index < -0.39 is 0 Å². The third-order valence-electron chi connectivity index (χ3n) is 7.36. The van der Waals surface area contributed by atoms with Gasteiger partial charge in [-0.1, -0.05) is 84.0 Å². The highest BCUT2D eigenvalue weighted by Gasteiger charge is 2.27. The summed E-state index contributed by atoms with van der Waals surface area (Å²) in [4.78, 5) is 0. The summed E-state index contributed by atoms with van der Waals surface area (Å²) in [5.41, 5.74) is 4.15. The van der Waals surface area contributed by atoms with Gasteiger partial charge in [-0.3, -0.25) is 0 Å². The molecule has 0 saturated carbocycles. The molecule has 2 heterocycles. The Balaban J connectivity index is 1.09. The van der Waals surface area contributed by atoms with E-state index in [1.807, 2.05) is 60.7 Å². The molecule has 1 N–H and O–H groups in total. The van der Waals surface area contributed by atoms with Gasteiger partial charge in [-0.2, -0.15) is 0 Å². The molecule has 0 bridgehead atoms. The summed E-state index contributed by atoms with van der Waals surface area (Å²) in [5.74, 6) is 2.67. The zero-order chi connectivity index (χ0) is 26.4. The molecule has 1 aromatic heterocycles. The van der Waals surface area contributed by atoms with E-state index in [9.17, 15) is 0 Å². The number of piperidine rings is 1. The number of fused-ring (bicyclic) bond motifs is 1. The number of benzene rings is 4. The molecule has 39 heavy (non-hydrogen) atoms. The van der Waals surface area contributed by atoms with Crippen LogP contribution in [0.2, 0.25) is 0 Å². The number of nitrogens with one attached hydrogen (secondary N) is 1. The molecule has 2 unspecified atom stereocenters. The van der Waals surface area contributed by atoms with Gasteiger partial charge >= 0.3 is 0 Å². The second kappa shape index (κ2) is 11.7. The molecule has 6 rings (SSSR count). The summed E-state index contributed by atoms with van der Waals surface area (Å²) >= 11 is 0. The molecule has 5 aromatic rings. The number of hydrogen-bond donors (Lipinski definition) is 1. The van der Waals surface area contributed by atoms with E-state index in [0.29, 0.717) is 24.9 Å². The van der Waals surface area contributed by atoms with Crippen molar-refractivity contribution in [2.24, 2.45) is 0 Å². The van der Waals surface area contributed by atoms with E-state index >= 15 is 0 Å². The fourth-order valence-electron chi connectivity index (χ4n) is 5.32. The molecule has 0 radical (unpaired) electrons. The number of hydrogen-bond acceptors (Lipinski definition) is 6. The lowest BCUT2D eigenvalue weighted by Crippen LogP contribution is -2.41. The van der Waals surface area contributed by atoms with Gasteiger partial charge in [0.05, 0.1) is 19.8 Å². The van der Waals surface area contributed by atoms with E-state index in [2.05, 4.69) is 46.9 Å². The third-order valence-corrected chi connectivity index (χ3v) is 7.36. The van der Waals surface area contributed by atoms with Crippen LogP contribution in [0, 0.1) is 0 Å². The maximum Gasteiger partial charge on any atom is 0.174 e. The van der Waals surface area contributed by atoms with Crippen LogP contribution in [0.4, 0.5) is 0 Å². The van der Waals surface area contributed by atoms with E-state index in [-0.39, 0.29) is 6.10 Å². The number of methoxy groups -OCH3 is 1. The van der Waals surface area contributed by atoms with Gasteiger partial charge in [0.1, 0.15) is 23.8 Å². The van der Waals surface area contributed by atoms with Crippen LogP contribution in [0.25, 0.3) is 22.0 Å². The minimum atomic E-state index is 0.0623. The van der Waals surface area contributed by atoms with Gasteiger partial charge in [-0.15, -0.1) is 0 Å². The molecule has 6 nitrogen and oxygen atoms in total. The van der Waals surface area contributed by atoms with Crippen molar-refractivity contribution in [1.29, 1.82) is 0 Å². The largest absolute Gasteiger partial charge is 0.496 e. The summed E-state index contributed by atoms with van der Waals surface area (Å²) in [6.45, 7) is 2.61. The van der Waals surface area contributed by atoms with Crippen molar-refractivity contribution < 1.29 is 18.7 Å². The van der Waals surface area contributed by atoms with E-state index in [0.717, 1.165) is 58.6 Å². The Hall–Kier alpha value is -4.13. The highest BCUT2D eigenvalue weighted by Crippen LogP contribution is 2.33. The first-order chi connectivity index (χ1) is 19.3. The number of aromatic nitrogens is 1. The molecule has 1 fully saturated rings. The van der Waals surface area contributed by atoms with Crippen LogP contribution >= 0.6 is 0 Å². The topological polar surface area (TPSA) is 65.8 Å². The average Bonchev–Trinajstić information content (AvgIpc) is 3.49. The van der Waals surface area contributed by atoms with Crippen LogP contribution in [-0.4, -0.2) is 31.5 Å². The predicted molar refractivity (Wildman–Crippen MR) is 152 cm³/mol. The van der Waals surface area contributed by atoms with Crippen LogP contribution in [0.15, 0.2) is 102 Å². The van der Waals surface area contributed by atoms with Crippen LogP contribution in [-0.2, 0) is 18.0 Å². The molecule has 0 spiro atoms. The summed E-state index contributed by atoms with van der Waals surface area (Å²) in [6.07, 6.45) is 1.08. The van der Waals surface area contributed by atoms with Gasteiger partial charge in [0.25, 0.3) is 0 Å². The van der Waals surface area contributed by atoms with Crippen molar-refractivity contribution in [2.45, 2.75) is 31.7 Å². The van der Waals surface area contributed by atoms with Crippen molar-refractivity contribution in [3.05, 3.63) is 114 Å². The molecule has 2 atom stereocenters. The van der Waals surface area contributed by atoms with Crippen molar-refractivity contribution in [3.8, 4) is 22.8 Å². The SMILES string of the molecule is COc1c(COC2CNCCC2c2ccc(OCc3cc(-c4ccccc4)no3)cc2)ccc2ccccc12. The number of ether oxygens (including phenoxy) is 3. The Morgan fingerprint density at radius 2 is 1.72 bits per heavy atom. The van der Waals surface area contributed by atoms with Gasteiger partial charge in [0, 0.05) is 35.0 Å². The van der Waals surface area contributed by atoms with E-state index in [4.69, 9.17) is 18.7 Å². The number of rotatable bonds is 9. The minimum absolute atomic E-state index is 0.0623. The van der Waals surface area contributed by atoms with Crippen LogP contribution in [0.3, 0.4) is 0 Å². The molecule has 1 aliphatic rings. The quantitative estimate of drug-likeness (QED) is 0.232. The predicted octanol–water partition coefficient (Wildman–Crippen LogP) is 6.74. The zero-order valence-corrected chi connectivity index (χ0v) is 22.0. The third kappa shape index (κ3) is 5.67. The molecule has 198 valence electrons. The Morgan fingerprint density at radius 3 is 2.56 bits per heavy atom. The summed E-state index contributed by atoms with van der Waals surface area (Å²) in [5, 5.41) is 9.93. The first kappa shape index (κ1) is 25.2. The molecule has 0 aliphatic carbocycles. The van der Waals surface area contributed by atoms with E-state index in [1.165, 1.54) is 5.56 Å². The Morgan fingerprint density at radius 1 is 0.897 bits per heavy atom. The standard InChI is InChI=1S/C33H32N2O4/c1-36-33-26(12-11-23-7-5-6-10-30(23)33)21-38-32-20-34-18-17-29(32)24-13-15-27(16-14-24)37-22-28-19-31(35-39-28)25-8-3-2-4-9-25/h2-16,19,29,32,34H,17-18,20-22H2,1H3. The van der Waals surface area contributed by atoms with Gasteiger partial charge in [-0.25, -0.2) is 0 Å². The molecule has 1 saturated heterocycles. The molecule has 0 amide bonds. The lowest BCUT2D eigenvalue weighted by atomic mass is 9.87. The van der Waals surface area contributed by atoms with Crippen molar-refractivity contribution >= 4 is 10.8 Å². The van der Waals surface area contributed by atoms with Gasteiger partial charge in [-0.05, 0) is 36.0 Å². The van der Waals surface area contributed by atoms with Crippen molar-refractivity contribution in [3.63, 3.8) is 0 Å². The normalized spacial score (nSPS) is 17.3. The van der Waals surface area contributed by atoms with Gasteiger partial charge in [0.15, 0.2) is 5.76 Å². The maximum atomic E-state index is 6.51. The smallest absolute Gasteiger partial charge is 0.174 e. The molecule has 1 aliphatic heterocycles. The Bertz CT molecular complexity index is 1510. The van der Waals surface area contributed by atoms with Crippen LogP contribution in [0.5, 0.6) is 11.5 Å². The van der Waals surface area contributed by atoms with Crippen molar-refractivity contribution in [1.82, 2.24) is 10.5 Å². The Kier molecular flexibility index (Phi) is 7.56. The van der Waals surface area contributed by atoms with Crippen LogP contribution in [0.1, 0.15) is 29.2 Å². The van der Waals surface area contributed by atoms with Crippen molar-refractivity contribution in [2.75, 3.05) is 20.2 Å². The summed E-state index contributed by atoms with van der Waals surface area (Å²) < 4.78 is 23.7. The summed E-state index contributed by atoms with van der Waals surface area (Å²) in [6, 6.07) is 32.8. The monoisotopic (exact) mass is 520 g/mol. The first-order valence-corrected chi connectivity index (χ1v) is 13.4. The van der Waals surface area contributed by atoms with Gasteiger partial charge < -0.3 is 24.1 Å². The highest BCUT2D eigenvalue weighted by atomic mass is 16.5. The molecule has 4 aromatic carbocycles. The fourth-order valence-corrected chi connectivity index (χ4v) is 5.32. The summed E-state index contributed by atoms with van der Waals surface area (Å²) in [7, 11) is 1.73. The van der Waals surface area contributed by atoms with Crippen LogP contribution < -0.4 is 14.8 Å². The zero-order valence-electron chi connectivity index (χ0n) is 22.0. The molecular weight excluding hydrogens is 488 g/mol. The fraction of sp³-hybridized carbons (Fsp3) is 0.242.